The molecular formula is C17H15BrN2OS2. The minimum Gasteiger partial charge on any atom is -0.349 e. The molecule has 0 fully saturated rings. The first-order chi connectivity index (χ1) is 11.1. The predicted octanol–water partition coefficient (Wildman–Crippen LogP) is 5.05. The van der Waals surface area contributed by atoms with Crippen LogP contribution in [0, 0.1) is 0 Å². The van der Waals surface area contributed by atoms with Crippen molar-refractivity contribution in [2.24, 2.45) is 0 Å². The molecule has 118 valence electrons. The van der Waals surface area contributed by atoms with Crippen LogP contribution in [0.3, 0.4) is 0 Å². The Morgan fingerprint density at radius 1 is 1.35 bits per heavy atom. The number of thiophene rings is 1. The van der Waals surface area contributed by atoms with Crippen molar-refractivity contribution < 1.29 is 4.79 Å². The molecule has 0 radical (unpaired) electrons. The van der Waals surface area contributed by atoms with Gasteiger partial charge in [0, 0.05) is 20.8 Å². The molecule has 2 aromatic heterocycles. The Labute approximate surface area is 151 Å². The highest BCUT2D eigenvalue weighted by molar-refractivity contribution is 9.10. The van der Waals surface area contributed by atoms with Gasteiger partial charge in [-0.1, -0.05) is 28.1 Å². The molecule has 1 atom stereocenters. The Balaban J connectivity index is 1.61. The number of rotatable bonds is 5. The third-order valence-corrected chi connectivity index (χ3v) is 5.50. The van der Waals surface area contributed by atoms with E-state index in [1.165, 1.54) is 0 Å². The first-order valence-electron chi connectivity index (χ1n) is 7.13. The summed E-state index contributed by atoms with van der Waals surface area (Å²) in [5, 5.41) is 10.0. The van der Waals surface area contributed by atoms with Crippen LogP contribution in [0.15, 0.2) is 50.9 Å². The van der Waals surface area contributed by atoms with Gasteiger partial charge in [0.25, 0.3) is 0 Å². The third kappa shape index (κ3) is 4.28. The molecule has 3 rings (SSSR count). The summed E-state index contributed by atoms with van der Waals surface area (Å²) in [5.74, 6) is -0.0142. The summed E-state index contributed by atoms with van der Waals surface area (Å²) in [6.45, 7) is 1.98. The van der Waals surface area contributed by atoms with Gasteiger partial charge in [0.2, 0.25) is 5.91 Å². The van der Waals surface area contributed by atoms with E-state index in [4.69, 9.17) is 0 Å². The molecule has 0 aliphatic rings. The van der Waals surface area contributed by atoms with Crippen molar-refractivity contribution in [3.8, 4) is 10.6 Å². The number of halogens is 1. The van der Waals surface area contributed by atoms with Gasteiger partial charge in [-0.3, -0.25) is 4.79 Å². The van der Waals surface area contributed by atoms with Gasteiger partial charge < -0.3 is 5.32 Å². The third-order valence-electron chi connectivity index (χ3n) is 3.39. The van der Waals surface area contributed by atoms with Crippen LogP contribution >= 0.6 is 38.6 Å². The van der Waals surface area contributed by atoms with Crippen LogP contribution in [-0.4, -0.2) is 10.9 Å². The van der Waals surface area contributed by atoms with Crippen LogP contribution in [0.1, 0.15) is 24.2 Å². The zero-order valence-electron chi connectivity index (χ0n) is 12.5. The smallest absolute Gasteiger partial charge is 0.226 e. The van der Waals surface area contributed by atoms with Crippen LogP contribution in [0.2, 0.25) is 0 Å². The Hall–Kier alpha value is -1.50. The van der Waals surface area contributed by atoms with Crippen molar-refractivity contribution >= 4 is 44.5 Å². The van der Waals surface area contributed by atoms with Crippen LogP contribution < -0.4 is 5.32 Å². The molecule has 1 unspecified atom stereocenters. The fraction of sp³-hybridized carbons (Fsp3) is 0.176. The van der Waals surface area contributed by atoms with E-state index >= 15 is 0 Å². The number of thiazole rings is 1. The quantitative estimate of drug-likeness (QED) is 0.643. The molecule has 0 aliphatic carbocycles. The second kappa shape index (κ2) is 7.38. The monoisotopic (exact) mass is 406 g/mol. The van der Waals surface area contributed by atoms with Gasteiger partial charge in [0.15, 0.2) is 0 Å². The molecule has 1 amide bonds. The summed E-state index contributed by atoms with van der Waals surface area (Å²) in [6.07, 6.45) is 0.305. The van der Waals surface area contributed by atoms with E-state index in [0.29, 0.717) is 6.42 Å². The molecule has 0 saturated heterocycles. The van der Waals surface area contributed by atoms with E-state index in [1.54, 1.807) is 22.7 Å². The Bertz CT molecular complexity index is 799. The minimum atomic E-state index is -0.0324. The van der Waals surface area contributed by atoms with Crippen LogP contribution in [0.5, 0.6) is 0 Å². The minimum absolute atomic E-state index is 0.0142. The maximum Gasteiger partial charge on any atom is 0.226 e. The fourth-order valence-electron chi connectivity index (χ4n) is 2.22. The number of hydrogen-bond donors (Lipinski definition) is 1. The zero-order valence-corrected chi connectivity index (χ0v) is 15.7. The molecule has 1 aromatic carbocycles. The van der Waals surface area contributed by atoms with E-state index in [2.05, 4.69) is 31.6 Å². The van der Waals surface area contributed by atoms with Gasteiger partial charge in [0.05, 0.1) is 18.2 Å². The Kier molecular flexibility index (Phi) is 5.25. The molecule has 0 saturated carbocycles. The normalized spacial score (nSPS) is 12.1. The van der Waals surface area contributed by atoms with E-state index in [1.807, 2.05) is 48.0 Å². The molecule has 3 aromatic rings. The van der Waals surface area contributed by atoms with Crippen molar-refractivity contribution in [1.29, 1.82) is 0 Å². The van der Waals surface area contributed by atoms with E-state index in [9.17, 15) is 4.79 Å². The van der Waals surface area contributed by atoms with Crippen LogP contribution in [0.25, 0.3) is 10.6 Å². The summed E-state index contributed by atoms with van der Waals surface area (Å²) < 4.78 is 1.01. The topological polar surface area (TPSA) is 42.0 Å². The SMILES string of the molecule is CC(NC(=O)Cc1csc(-c2ccsc2)n1)c1cccc(Br)c1. The van der Waals surface area contributed by atoms with E-state index < -0.39 is 0 Å². The molecular weight excluding hydrogens is 392 g/mol. The summed E-state index contributed by atoms with van der Waals surface area (Å²) >= 11 is 6.68. The van der Waals surface area contributed by atoms with Gasteiger partial charge in [-0.15, -0.1) is 11.3 Å². The molecule has 0 bridgehead atoms. The number of carbonyl (C=O) groups is 1. The molecule has 0 aliphatic heterocycles. The van der Waals surface area contributed by atoms with Gasteiger partial charge in [-0.2, -0.15) is 11.3 Å². The number of nitrogens with one attached hydrogen (secondary N) is 1. The number of aromatic nitrogens is 1. The number of nitrogens with zero attached hydrogens (tertiary/aromatic N) is 1. The number of carbonyl (C=O) groups excluding carboxylic acids is 1. The molecule has 3 nitrogen and oxygen atoms in total. The fourth-order valence-corrected chi connectivity index (χ4v) is 4.17. The average molecular weight is 407 g/mol. The standard InChI is InChI=1S/C17H15BrN2OS2/c1-11(12-3-2-4-14(18)7-12)19-16(21)8-15-10-23-17(20-15)13-5-6-22-9-13/h2-7,9-11H,8H2,1H3,(H,19,21). The molecule has 23 heavy (non-hydrogen) atoms. The first-order valence-corrected chi connectivity index (χ1v) is 9.75. The van der Waals surface area contributed by atoms with E-state index in [0.717, 1.165) is 26.3 Å². The molecule has 0 spiro atoms. The average Bonchev–Trinajstić information content (AvgIpc) is 3.17. The van der Waals surface area contributed by atoms with Crippen LogP contribution in [0.4, 0.5) is 0 Å². The largest absolute Gasteiger partial charge is 0.349 e. The highest BCUT2D eigenvalue weighted by Crippen LogP contribution is 2.26. The highest BCUT2D eigenvalue weighted by Gasteiger charge is 2.13. The number of amides is 1. The van der Waals surface area contributed by atoms with Crippen molar-refractivity contribution in [2.45, 2.75) is 19.4 Å². The first kappa shape index (κ1) is 16.4. The number of hydrogen-bond acceptors (Lipinski definition) is 4. The van der Waals surface area contributed by atoms with Gasteiger partial charge >= 0.3 is 0 Å². The predicted molar refractivity (Wildman–Crippen MR) is 99.8 cm³/mol. The lowest BCUT2D eigenvalue weighted by Gasteiger charge is -2.14. The maximum absolute atomic E-state index is 12.2. The highest BCUT2D eigenvalue weighted by atomic mass is 79.9. The summed E-state index contributed by atoms with van der Waals surface area (Å²) in [6, 6.07) is 9.97. The second-order valence-electron chi connectivity index (χ2n) is 5.18. The Morgan fingerprint density at radius 3 is 2.96 bits per heavy atom. The second-order valence-corrected chi connectivity index (χ2v) is 7.73. The van der Waals surface area contributed by atoms with Crippen LogP contribution in [-0.2, 0) is 11.2 Å². The van der Waals surface area contributed by atoms with Gasteiger partial charge in [-0.05, 0) is 36.1 Å². The lowest BCUT2D eigenvalue weighted by Crippen LogP contribution is -2.28. The Morgan fingerprint density at radius 2 is 2.22 bits per heavy atom. The summed E-state index contributed by atoms with van der Waals surface area (Å²) in [5.41, 5.74) is 3.01. The van der Waals surface area contributed by atoms with Crippen molar-refractivity contribution in [3.05, 3.63) is 62.2 Å². The van der Waals surface area contributed by atoms with E-state index in [-0.39, 0.29) is 11.9 Å². The van der Waals surface area contributed by atoms with Crippen molar-refractivity contribution in [1.82, 2.24) is 10.3 Å². The summed E-state index contributed by atoms with van der Waals surface area (Å²) in [7, 11) is 0. The lowest BCUT2D eigenvalue weighted by atomic mass is 10.1. The lowest BCUT2D eigenvalue weighted by molar-refractivity contribution is -0.121. The molecule has 2 heterocycles. The van der Waals surface area contributed by atoms with Gasteiger partial charge in [0.1, 0.15) is 5.01 Å². The molecule has 6 heteroatoms. The summed E-state index contributed by atoms with van der Waals surface area (Å²) in [4.78, 5) is 16.8. The maximum atomic E-state index is 12.2. The van der Waals surface area contributed by atoms with Gasteiger partial charge in [-0.25, -0.2) is 4.98 Å². The zero-order chi connectivity index (χ0) is 16.2. The van der Waals surface area contributed by atoms with Crippen molar-refractivity contribution in [2.75, 3.05) is 0 Å². The molecule has 1 N–H and O–H groups in total. The number of benzene rings is 1. The van der Waals surface area contributed by atoms with Crippen molar-refractivity contribution in [3.63, 3.8) is 0 Å².